The first kappa shape index (κ1) is 17.3. The first-order valence-corrected chi connectivity index (χ1v) is 8.43. The average molecular weight is 375 g/mol. The van der Waals surface area contributed by atoms with Gasteiger partial charge in [-0.1, -0.05) is 12.1 Å². The third-order valence-electron chi connectivity index (χ3n) is 4.39. The number of phenolic OH excluding ortho intramolecular Hbond substituents is 1. The number of aromatic hydroxyl groups is 1. The van der Waals surface area contributed by atoms with Gasteiger partial charge in [-0.3, -0.25) is 10.4 Å². The minimum Gasteiger partial charge on any atom is -0.508 e. The van der Waals surface area contributed by atoms with Crippen LogP contribution < -0.4 is 11.1 Å². The molecule has 0 fully saturated rings. The van der Waals surface area contributed by atoms with Crippen molar-refractivity contribution in [1.82, 2.24) is 15.2 Å². The number of nitrogens with two attached hydrogens (primary N) is 1. The number of anilines is 2. The summed E-state index contributed by atoms with van der Waals surface area (Å²) in [6.45, 7) is 0. The van der Waals surface area contributed by atoms with Crippen LogP contribution in [0.4, 0.5) is 16.4 Å². The van der Waals surface area contributed by atoms with E-state index in [1.807, 2.05) is 30.3 Å². The Bertz CT molecular complexity index is 1170. The molecule has 4 rings (SSSR count). The Kier molecular flexibility index (Phi) is 4.29. The summed E-state index contributed by atoms with van der Waals surface area (Å²) < 4.78 is 4.61. The number of aromatic nitrogens is 3. The standard InChI is InChI=1S/C20H17N5O3/c1-28-20(27)23-17-10-12(6-7-22-17)13-8-15(11-2-4-14(26)5-3-11)18-16(9-13)19(21)25-24-18/h2-10,26H,1H3,(H3,21,24,25)(H,22,23,27). The number of hydrogen-bond donors (Lipinski definition) is 4. The molecule has 140 valence electrons. The van der Waals surface area contributed by atoms with E-state index in [-0.39, 0.29) is 5.75 Å². The first-order chi connectivity index (χ1) is 13.5. The molecule has 1 amide bonds. The molecule has 0 saturated heterocycles. The van der Waals surface area contributed by atoms with Crippen LogP contribution in [0.2, 0.25) is 0 Å². The molecule has 0 aliphatic carbocycles. The summed E-state index contributed by atoms with van der Waals surface area (Å²) in [5.74, 6) is 0.947. The normalized spacial score (nSPS) is 10.8. The zero-order chi connectivity index (χ0) is 19.7. The summed E-state index contributed by atoms with van der Waals surface area (Å²) in [6, 6.07) is 14.4. The van der Waals surface area contributed by atoms with Crippen LogP contribution in [0.1, 0.15) is 0 Å². The Hall–Kier alpha value is -4.07. The predicted molar refractivity (Wildman–Crippen MR) is 107 cm³/mol. The molecular weight excluding hydrogens is 358 g/mol. The van der Waals surface area contributed by atoms with Crippen LogP contribution >= 0.6 is 0 Å². The van der Waals surface area contributed by atoms with Crippen LogP contribution in [0.15, 0.2) is 54.7 Å². The number of pyridine rings is 1. The van der Waals surface area contributed by atoms with Crippen LogP contribution in [0.25, 0.3) is 33.2 Å². The number of nitrogen functional groups attached to an aromatic ring is 1. The van der Waals surface area contributed by atoms with E-state index in [4.69, 9.17) is 5.73 Å². The number of carbonyl (C=O) groups is 1. The van der Waals surface area contributed by atoms with E-state index >= 15 is 0 Å². The molecule has 5 N–H and O–H groups in total. The van der Waals surface area contributed by atoms with E-state index in [9.17, 15) is 9.90 Å². The summed E-state index contributed by atoms with van der Waals surface area (Å²) in [5.41, 5.74) is 10.3. The molecule has 0 unspecified atom stereocenters. The fourth-order valence-corrected chi connectivity index (χ4v) is 3.01. The van der Waals surface area contributed by atoms with E-state index in [2.05, 4.69) is 25.2 Å². The maximum absolute atomic E-state index is 11.5. The van der Waals surface area contributed by atoms with Gasteiger partial charge in [0.15, 0.2) is 5.82 Å². The number of phenols is 1. The number of nitrogens with zero attached hydrogens (tertiary/aromatic N) is 2. The SMILES string of the molecule is COC(=O)Nc1cc(-c2cc(-c3ccc(O)cc3)c3[nH]nc(N)c3c2)ccn1. The van der Waals surface area contributed by atoms with Crippen molar-refractivity contribution < 1.29 is 14.6 Å². The molecule has 4 aromatic rings. The minimum atomic E-state index is -0.594. The van der Waals surface area contributed by atoms with Crippen LogP contribution in [0.5, 0.6) is 5.75 Å². The smallest absolute Gasteiger partial charge is 0.412 e. The zero-order valence-corrected chi connectivity index (χ0v) is 14.9. The van der Waals surface area contributed by atoms with Crippen molar-refractivity contribution in [2.45, 2.75) is 0 Å². The molecule has 0 saturated carbocycles. The lowest BCUT2D eigenvalue weighted by molar-refractivity contribution is 0.187. The Morgan fingerprint density at radius 1 is 1.11 bits per heavy atom. The summed E-state index contributed by atoms with van der Waals surface area (Å²) in [7, 11) is 1.29. The Morgan fingerprint density at radius 3 is 2.64 bits per heavy atom. The van der Waals surface area contributed by atoms with Crippen molar-refractivity contribution in [2.24, 2.45) is 0 Å². The largest absolute Gasteiger partial charge is 0.508 e. The van der Waals surface area contributed by atoms with Crippen molar-refractivity contribution in [3.05, 3.63) is 54.7 Å². The summed E-state index contributed by atoms with van der Waals surface area (Å²) in [6.07, 6.45) is 1.01. The van der Waals surface area contributed by atoms with Crippen molar-refractivity contribution >= 4 is 28.6 Å². The molecule has 2 heterocycles. The summed E-state index contributed by atoms with van der Waals surface area (Å²) in [4.78, 5) is 15.6. The van der Waals surface area contributed by atoms with Gasteiger partial charge in [-0.25, -0.2) is 9.78 Å². The topological polar surface area (TPSA) is 126 Å². The number of fused-ring (bicyclic) bond motifs is 1. The maximum Gasteiger partial charge on any atom is 0.412 e. The lowest BCUT2D eigenvalue weighted by atomic mass is 9.96. The van der Waals surface area contributed by atoms with E-state index in [0.29, 0.717) is 11.6 Å². The number of benzene rings is 2. The number of aromatic amines is 1. The van der Waals surface area contributed by atoms with Crippen LogP contribution in [0.3, 0.4) is 0 Å². The van der Waals surface area contributed by atoms with E-state index in [1.165, 1.54) is 7.11 Å². The number of hydrogen-bond acceptors (Lipinski definition) is 6. The molecule has 8 nitrogen and oxygen atoms in total. The number of H-pyrrole nitrogens is 1. The fraction of sp³-hybridized carbons (Fsp3) is 0.0500. The van der Waals surface area contributed by atoms with Crippen molar-refractivity contribution in [2.75, 3.05) is 18.2 Å². The Morgan fingerprint density at radius 2 is 1.89 bits per heavy atom. The molecule has 8 heteroatoms. The second-order valence-electron chi connectivity index (χ2n) is 6.15. The Labute approximate surface area is 160 Å². The predicted octanol–water partition coefficient (Wildman–Crippen LogP) is 3.76. The van der Waals surface area contributed by atoms with Gasteiger partial charge in [-0.05, 0) is 53.1 Å². The molecule has 2 aromatic carbocycles. The highest BCUT2D eigenvalue weighted by atomic mass is 16.5. The van der Waals surface area contributed by atoms with Gasteiger partial charge in [0.25, 0.3) is 0 Å². The number of nitrogens with one attached hydrogen (secondary N) is 2. The average Bonchev–Trinajstić information content (AvgIpc) is 3.09. The highest BCUT2D eigenvalue weighted by Crippen LogP contribution is 2.36. The number of rotatable bonds is 3. The third kappa shape index (κ3) is 3.18. The van der Waals surface area contributed by atoms with Gasteiger partial charge in [-0.15, -0.1) is 0 Å². The second-order valence-corrected chi connectivity index (χ2v) is 6.15. The zero-order valence-electron chi connectivity index (χ0n) is 14.9. The van der Waals surface area contributed by atoms with Crippen molar-refractivity contribution in [3.8, 4) is 28.0 Å². The van der Waals surface area contributed by atoms with Gasteiger partial charge in [0.1, 0.15) is 11.6 Å². The number of methoxy groups -OCH3 is 1. The molecule has 28 heavy (non-hydrogen) atoms. The van der Waals surface area contributed by atoms with Gasteiger partial charge in [0, 0.05) is 17.1 Å². The number of ether oxygens (including phenoxy) is 1. The molecule has 0 spiro atoms. The third-order valence-corrected chi connectivity index (χ3v) is 4.39. The lowest BCUT2D eigenvalue weighted by Gasteiger charge is -2.10. The van der Waals surface area contributed by atoms with Gasteiger partial charge in [-0.2, -0.15) is 5.10 Å². The first-order valence-electron chi connectivity index (χ1n) is 8.43. The monoisotopic (exact) mass is 375 g/mol. The lowest BCUT2D eigenvalue weighted by Crippen LogP contribution is -2.11. The van der Waals surface area contributed by atoms with E-state index in [0.717, 1.165) is 33.2 Å². The number of carbonyl (C=O) groups excluding carboxylic acids is 1. The van der Waals surface area contributed by atoms with E-state index in [1.54, 1.807) is 24.4 Å². The summed E-state index contributed by atoms with van der Waals surface area (Å²) >= 11 is 0. The highest BCUT2D eigenvalue weighted by Gasteiger charge is 2.13. The molecule has 0 radical (unpaired) electrons. The van der Waals surface area contributed by atoms with Crippen LogP contribution in [0, 0.1) is 0 Å². The highest BCUT2D eigenvalue weighted by molar-refractivity contribution is 6.02. The quantitative estimate of drug-likeness (QED) is 0.432. The van der Waals surface area contributed by atoms with Crippen molar-refractivity contribution in [1.29, 1.82) is 0 Å². The maximum atomic E-state index is 11.5. The molecule has 2 aromatic heterocycles. The number of amides is 1. The van der Waals surface area contributed by atoms with Crippen molar-refractivity contribution in [3.63, 3.8) is 0 Å². The molecular formula is C20H17N5O3. The molecule has 0 bridgehead atoms. The second kappa shape index (κ2) is 6.92. The van der Waals surface area contributed by atoms with Gasteiger partial charge in [0.05, 0.1) is 12.6 Å². The van der Waals surface area contributed by atoms with Crippen LogP contribution in [-0.2, 0) is 4.74 Å². The van der Waals surface area contributed by atoms with Gasteiger partial charge < -0.3 is 15.6 Å². The Balaban J connectivity index is 1.86. The van der Waals surface area contributed by atoms with Gasteiger partial charge >= 0.3 is 6.09 Å². The molecule has 0 atom stereocenters. The molecule has 0 aliphatic heterocycles. The summed E-state index contributed by atoms with van der Waals surface area (Å²) in [5, 5.41) is 20.0. The van der Waals surface area contributed by atoms with E-state index < -0.39 is 6.09 Å². The molecule has 0 aliphatic rings. The van der Waals surface area contributed by atoms with Crippen LogP contribution in [-0.4, -0.2) is 33.5 Å². The van der Waals surface area contributed by atoms with Gasteiger partial charge in [0.2, 0.25) is 0 Å². The fourth-order valence-electron chi connectivity index (χ4n) is 3.01. The minimum absolute atomic E-state index is 0.188.